The molecule has 0 aliphatic rings. The second-order valence-corrected chi connectivity index (χ2v) is 9.26. The summed E-state index contributed by atoms with van der Waals surface area (Å²) >= 11 is 5.92. The molecule has 1 atom stereocenters. The minimum Gasteiger partial charge on any atom is -0.467 e. The van der Waals surface area contributed by atoms with Gasteiger partial charge in [-0.3, -0.25) is 9.36 Å². The van der Waals surface area contributed by atoms with Crippen molar-refractivity contribution in [1.82, 2.24) is 34.4 Å². The van der Waals surface area contributed by atoms with Crippen LogP contribution >= 0.6 is 11.6 Å². The number of carbonyl (C=O) groups excluding carboxylic acids is 1. The maximum absolute atomic E-state index is 13.1. The molecule has 3 aromatic heterocycles. The molecular formula is C26H21ClF3N7O4. The molecule has 11 nitrogen and oxygen atoms in total. The number of hydrogen-bond acceptors (Lipinski definition) is 7. The number of alkyl halides is 3. The van der Waals surface area contributed by atoms with E-state index in [1.54, 1.807) is 36.4 Å². The predicted molar refractivity (Wildman–Crippen MR) is 139 cm³/mol. The van der Waals surface area contributed by atoms with Crippen LogP contribution in [0.3, 0.4) is 0 Å². The smallest absolute Gasteiger partial charge is 0.416 e. The molecule has 3 heterocycles. The van der Waals surface area contributed by atoms with Crippen LogP contribution in [0.4, 0.5) is 13.2 Å². The second kappa shape index (κ2) is 11.4. The topological polar surface area (TPSA) is 133 Å². The Morgan fingerprint density at radius 3 is 2.54 bits per heavy atom. The molecule has 41 heavy (non-hydrogen) atoms. The number of furan rings is 1. The van der Waals surface area contributed by atoms with Crippen molar-refractivity contribution in [2.75, 3.05) is 0 Å². The Bertz CT molecular complexity index is 1710. The number of rotatable bonds is 9. The van der Waals surface area contributed by atoms with E-state index in [0.717, 1.165) is 9.25 Å². The lowest BCUT2D eigenvalue weighted by atomic mass is 10.1. The minimum absolute atomic E-state index is 0.0987. The fourth-order valence-corrected chi connectivity index (χ4v) is 4.08. The van der Waals surface area contributed by atoms with E-state index in [2.05, 4.69) is 20.5 Å². The van der Waals surface area contributed by atoms with Gasteiger partial charge in [-0.15, -0.1) is 10.2 Å². The van der Waals surface area contributed by atoms with Crippen LogP contribution in [-0.4, -0.2) is 52.4 Å². The summed E-state index contributed by atoms with van der Waals surface area (Å²) in [6, 6.07) is 16.0. The van der Waals surface area contributed by atoms with Gasteiger partial charge in [0.05, 0.1) is 30.6 Å². The van der Waals surface area contributed by atoms with Gasteiger partial charge in [-0.2, -0.15) is 13.2 Å². The molecule has 1 unspecified atom stereocenters. The molecule has 0 fully saturated rings. The first kappa shape index (κ1) is 27.9. The lowest BCUT2D eigenvalue weighted by Gasteiger charge is -2.15. The monoisotopic (exact) mass is 587 g/mol. The SMILES string of the molecule is O=C(NCc1ccco1)c1ccccc1-n1cnc(Cn2nc(-c3ccc(Cl)cc3)n(CC(O)C(F)(F)F)c2=O)n1. The highest BCUT2D eigenvalue weighted by Crippen LogP contribution is 2.24. The first-order chi connectivity index (χ1) is 19.6. The third-order valence-corrected chi connectivity index (χ3v) is 6.24. The van der Waals surface area contributed by atoms with Gasteiger partial charge in [-0.05, 0) is 48.5 Å². The Balaban J connectivity index is 1.42. The third kappa shape index (κ3) is 6.23. The number of nitrogens with one attached hydrogen (secondary N) is 1. The van der Waals surface area contributed by atoms with Crippen LogP contribution < -0.4 is 11.0 Å². The highest BCUT2D eigenvalue weighted by atomic mass is 35.5. The lowest BCUT2D eigenvalue weighted by Crippen LogP contribution is -2.37. The summed E-state index contributed by atoms with van der Waals surface area (Å²) in [6.45, 7) is -1.19. The van der Waals surface area contributed by atoms with E-state index in [0.29, 0.717) is 27.6 Å². The number of halogens is 4. The molecule has 0 aliphatic heterocycles. The average molecular weight is 588 g/mol. The average Bonchev–Trinajstić information content (AvgIpc) is 3.70. The van der Waals surface area contributed by atoms with E-state index >= 15 is 0 Å². The molecule has 5 rings (SSSR count). The number of aliphatic hydroxyl groups excluding tert-OH is 1. The highest BCUT2D eigenvalue weighted by Gasteiger charge is 2.39. The van der Waals surface area contributed by atoms with Crippen LogP contribution in [0.25, 0.3) is 17.1 Å². The van der Waals surface area contributed by atoms with Crippen LogP contribution in [0, 0.1) is 0 Å². The molecule has 5 aromatic rings. The fraction of sp³-hybridized carbons (Fsp3) is 0.192. The first-order valence-electron chi connectivity index (χ1n) is 12.1. The predicted octanol–water partition coefficient (Wildman–Crippen LogP) is 3.44. The largest absolute Gasteiger partial charge is 0.467 e. The summed E-state index contributed by atoms with van der Waals surface area (Å²) in [4.78, 5) is 30.2. The van der Waals surface area contributed by atoms with Crippen molar-refractivity contribution in [1.29, 1.82) is 0 Å². The number of nitrogens with zero attached hydrogens (tertiary/aromatic N) is 6. The molecule has 0 radical (unpaired) electrons. The van der Waals surface area contributed by atoms with E-state index in [4.69, 9.17) is 16.0 Å². The van der Waals surface area contributed by atoms with Crippen molar-refractivity contribution in [3.05, 3.63) is 106 Å². The van der Waals surface area contributed by atoms with Gasteiger partial charge in [-0.25, -0.2) is 19.1 Å². The lowest BCUT2D eigenvalue weighted by molar-refractivity contribution is -0.207. The summed E-state index contributed by atoms with van der Waals surface area (Å²) < 4.78 is 47.5. The van der Waals surface area contributed by atoms with Crippen molar-refractivity contribution in [2.45, 2.75) is 31.9 Å². The molecule has 0 spiro atoms. The highest BCUT2D eigenvalue weighted by molar-refractivity contribution is 6.30. The Morgan fingerprint density at radius 1 is 1.07 bits per heavy atom. The van der Waals surface area contributed by atoms with Crippen LogP contribution in [-0.2, 0) is 19.6 Å². The number of benzene rings is 2. The van der Waals surface area contributed by atoms with Gasteiger partial charge in [0.2, 0.25) is 0 Å². The van der Waals surface area contributed by atoms with Crippen molar-refractivity contribution in [2.24, 2.45) is 0 Å². The van der Waals surface area contributed by atoms with Crippen molar-refractivity contribution >= 4 is 17.5 Å². The quantitative estimate of drug-likeness (QED) is 0.270. The summed E-state index contributed by atoms with van der Waals surface area (Å²) in [6.07, 6.45) is -4.91. The maximum Gasteiger partial charge on any atom is 0.416 e. The molecule has 2 aromatic carbocycles. The van der Waals surface area contributed by atoms with Gasteiger partial charge in [-0.1, -0.05) is 23.7 Å². The molecule has 0 saturated carbocycles. The zero-order valence-electron chi connectivity index (χ0n) is 21.0. The van der Waals surface area contributed by atoms with E-state index < -0.39 is 24.5 Å². The number of aliphatic hydroxyl groups is 1. The molecular weight excluding hydrogens is 567 g/mol. The summed E-state index contributed by atoms with van der Waals surface area (Å²) in [5, 5.41) is 21.3. The van der Waals surface area contributed by atoms with Gasteiger partial charge in [0.1, 0.15) is 18.6 Å². The Hall–Kier alpha value is -4.69. The van der Waals surface area contributed by atoms with Gasteiger partial charge >= 0.3 is 11.9 Å². The van der Waals surface area contributed by atoms with E-state index in [9.17, 15) is 27.9 Å². The summed E-state index contributed by atoms with van der Waals surface area (Å²) in [7, 11) is 0. The normalized spacial score (nSPS) is 12.4. The van der Waals surface area contributed by atoms with Crippen LogP contribution in [0.2, 0.25) is 5.02 Å². The number of aromatic nitrogens is 6. The molecule has 1 amide bonds. The molecule has 212 valence electrons. The first-order valence-corrected chi connectivity index (χ1v) is 12.5. The number of carbonyl (C=O) groups is 1. The Kier molecular flexibility index (Phi) is 7.77. The zero-order valence-corrected chi connectivity index (χ0v) is 21.7. The van der Waals surface area contributed by atoms with E-state index in [1.807, 2.05) is 0 Å². The van der Waals surface area contributed by atoms with Gasteiger partial charge in [0.25, 0.3) is 5.91 Å². The third-order valence-electron chi connectivity index (χ3n) is 5.99. The zero-order chi connectivity index (χ0) is 29.1. The Morgan fingerprint density at radius 2 is 1.83 bits per heavy atom. The summed E-state index contributed by atoms with van der Waals surface area (Å²) in [5.41, 5.74) is 0.0965. The standard InChI is InChI=1S/C26H21ClF3N7O4/c27-17-9-7-16(8-10-17)23-34-36(25(40)35(23)13-21(38)26(28,29)30)14-22-32-15-37(33-22)20-6-2-1-5-19(20)24(39)31-12-18-4-3-11-41-18/h1-11,15,21,38H,12-14H2,(H,31,39). The van der Waals surface area contributed by atoms with Gasteiger partial charge in [0.15, 0.2) is 17.8 Å². The molecule has 0 saturated heterocycles. The molecule has 0 aliphatic carbocycles. The molecule has 15 heteroatoms. The van der Waals surface area contributed by atoms with Gasteiger partial charge in [0, 0.05) is 10.6 Å². The number of para-hydroxylation sites is 1. The second-order valence-electron chi connectivity index (χ2n) is 8.82. The molecule has 2 N–H and O–H groups in total. The number of hydrogen-bond donors (Lipinski definition) is 2. The van der Waals surface area contributed by atoms with E-state index in [1.165, 1.54) is 41.5 Å². The Labute approximate surface area is 234 Å². The van der Waals surface area contributed by atoms with Crippen LogP contribution in [0.15, 0.2) is 82.5 Å². The number of amides is 1. The molecule has 0 bridgehead atoms. The van der Waals surface area contributed by atoms with Crippen molar-refractivity contribution in [3.63, 3.8) is 0 Å². The minimum atomic E-state index is -4.95. The van der Waals surface area contributed by atoms with Crippen molar-refractivity contribution < 1.29 is 27.5 Å². The maximum atomic E-state index is 13.1. The van der Waals surface area contributed by atoms with Crippen molar-refractivity contribution in [3.8, 4) is 17.1 Å². The van der Waals surface area contributed by atoms with Crippen LogP contribution in [0.5, 0.6) is 0 Å². The van der Waals surface area contributed by atoms with Crippen LogP contribution in [0.1, 0.15) is 21.9 Å². The summed E-state index contributed by atoms with van der Waals surface area (Å²) in [5.74, 6) is 0.180. The van der Waals surface area contributed by atoms with Gasteiger partial charge < -0.3 is 14.8 Å². The van der Waals surface area contributed by atoms with E-state index in [-0.39, 0.29) is 30.6 Å². The fourth-order valence-electron chi connectivity index (χ4n) is 3.96.